The van der Waals surface area contributed by atoms with Crippen molar-refractivity contribution in [1.82, 2.24) is 30.0 Å². The standard InChI is InChI=1S/C19H28N6O/c1-13-10-18(26-3)21-14(2)16(13)12-24-7-4-15(5-8-24)19-23-22-17-11-20-6-9-25(17)19/h10,15,20H,4-9,11-12H2,1-3H3. The molecule has 0 saturated carbocycles. The molecule has 7 heteroatoms. The number of nitrogens with one attached hydrogen (secondary N) is 1. The Morgan fingerprint density at radius 3 is 2.73 bits per heavy atom. The first-order chi connectivity index (χ1) is 12.7. The van der Waals surface area contributed by atoms with E-state index in [1.807, 2.05) is 6.07 Å². The van der Waals surface area contributed by atoms with Crippen LogP contribution in [0.15, 0.2) is 6.07 Å². The van der Waals surface area contributed by atoms with Gasteiger partial charge in [-0.05, 0) is 50.9 Å². The fourth-order valence-electron chi connectivity index (χ4n) is 4.16. The first kappa shape index (κ1) is 17.4. The number of pyridine rings is 1. The zero-order valence-electron chi connectivity index (χ0n) is 16.0. The molecule has 26 heavy (non-hydrogen) atoms. The number of piperidine rings is 1. The molecule has 0 aromatic carbocycles. The van der Waals surface area contributed by atoms with E-state index >= 15 is 0 Å². The first-order valence-corrected chi connectivity index (χ1v) is 9.52. The van der Waals surface area contributed by atoms with Crippen LogP contribution < -0.4 is 10.1 Å². The lowest BCUT2D eigenvalue weighted by atomic mass is 9.95. The van der Waals surface area contributed by atoms with Gasteiger partial charge in [0.25, 0.3) is 0 Å². The molecular weight excluding hydrogens is 328 g/mol. The molecule has 2 aromatic heterocycles. The molecular formula is C19H28N6O. The SMILES string of the molecule is COc1cc(C)c(CN2CCC(c3nnc4n3CCNC4)CC2)c(C)n1. The number of fused-ring (bicyclic) bond motifs is 1. The number of nitrogens with zero attached hydrogens (tertiary/aromatic N) is 5. The molecule has 0 bridgehead atoms. The average molecular weight is 356 g/mol. The van der Waals surface area contributed by atoms with Gasteiger partial charge in [-0.25, -0.2) is 4.98 Å². The highest BCUT2D eigenvalue weighted by Crippen LogP contribution is 2.29. The van der Waals surface area contributed by atoms with Crippen molar-refractivity contribution in [3.63, 3.8) is 0 Å². The molecule has 140 valence electrons. The van der Waals surface area contributed by atoms with Crippen LogP contribution in [0, 0.1) is 13.8 Å². The maximum absolute atomic E-state index is 5.28. The van der Waals surface area contributed by atoms with Crippen LogP contribution >= 0.6 is 0 Å². The number of hydrogen-bond donors (Lipinski definition) is 1. The second-order valence-corrected chi connectivity index (χ2v) is 7.40. The number of hydrogen-bond acceptors (Lipinski definition) is 6. The van der Waals surface area contributed by atoms with Crippen LogP contribution in [0.4, 0.5) is 0 Å². The lowest BCUT2D eigenvalue weighted by molar-refractivity contribution is 0.198. The number of aromatic nitrogens is 4. The molecule has 2 aromatic rings. The van der Waals surface area contributed by atoms with Crippen LogP contribution in [0.2, 0.25) is 0 Å². The summed E-state index contributed by atoms with van der Waals surface area (Å²) in [7, 11) is 1.67. The van der Waals surface area contributed by atoms with Crippen molar-refractivity contribution in [3.05, 3.63) is 34.5 Å². The van der Waals surface area contributed by atoms with Gasteiger partial charge in [-0.15, -0.1) is 10.2 Å². The Morgan fingerprint density at radius 1 is 1.19 bits per heavy atom. The number of likely N-dealkylation sites (tertiary alicyclic amines) is 1. The monoisotopic (exact) mass is 356 g/mol. The summed E-state index contributed by atoms with van der Waals surface area (Å²) in [6.45, 7) is 10.2. The summed E-state index contributed by atoms with van der Waals surface area (Å²) >= 11 is 0. The highest BCUT2D eigenvalue weighted by atomic mass is 16.5. The quantitative estimate of drug-likeness (QED) is 0.901. The smallest absolute Gasteiger partial charge is 0.213 e. The predicted octanol–water partition coefficient (Wildman–Crippen LogP) is 1.78. The van der Waals surface area contributed by atoms with Gasteiger partial charge >= 0.3 is 0 Å². The zero-order chi connectivity index (χ0) is 18.1. The number of rotatable bonds is 4. The maximum Gasteiger partial charge on any atom is 0.213 e. The summed E-state index contributed by atoms with van der Waals surface area (Å²) in [6, 6.07) is 2.03. The Labute approximate surface area is 154 Å². The van der Waals surface area contributed by atoms with Crippen LogP contribution in [0.3, 0.4) is 0 Å². The minimum Gasteiger partial charge on any atom is -0.481 e. The Hall–Kier alpha value is -1.99. The molecule has 1 saturated heterocycles. The minimum absolute atomic E-state index is 0.529. The lowest BCUT2D eigenvalue weighted by Gasteiger charge is -2.32. The third kappa shape index (κ3) is 3.33. The van der Waals surface area contributed by atoms with E-state index in [1.165, 1.54) is 17.0 Å². The molecule has 2 aliphatic rings. The maximum atomic E-state index is 5.28. The fraction of sp³-hybridized carbons (Fsp3) is 0.632. The van der Waals surface area contributed by atoms with Gasteiger partial charge in [0.2, 0.25) is 5.88 Å². The lowest BCUT2D eigenvalue weighted by Crippen LogP contribution is -2.35. The highest BCUT2D eigenvalue weighted by Gasteiger charge is 2.27. The van der Waals surface area contributed by atoms with Crippen molar-refractivity contribution in [1.29, 1.82) is 0 Å². The van der Waals surface area contributed by atoms with E-state index in [2.05, 4.69) is 43.8 Å². The molecule has 0 unspecified atom stereocenters. The molecule has 0 spiro atoms. The molecule has 1 fully saturated rings. The van der Waals surface area contributed by atoms with Crippen LogP contribution in [0.25, 0.3) is 0 Å². The van der Waals surface area contributed by atoms with Gasteiger partial charge in [-0.2, -0.15) is 0 Å². The highest BCUT2D eigenvalue weighted by molar-refractivity contribution is 5.33. The number of ether oxygens (including phenoxy) is 1. The number of methoxy groups -OCH3 is 1. The normalized spacial score (nSPS) is 18.7. The summed E-state index contributed by atoms with van der Waals surface area (Å²) in [6.07, 6.45) is 2.29. The molecule has 0 aliphatic carbocycles. The van der Waals surface area contributed by atoms with Gasteiger partial charge in [0.15, 0.2) is 0 Å². The van der Waals surface area contributed by atoms with E-state index in [4.69, 9.17) is 4.74 Å². The average Bonchev–Trinajstić information content (AvgIpc) is 3.09. The van der Waals surface area contributed by atoms with Crippen molar-refractivity contribution < 1.29 is 4.74 Å². The van der Waals surface area contributed by atoms with Crippen LogP contribution in [0.5, 0.6) is 5.88 Å². The molecule has 0 atom stereocenters. The second-order valence-electron chi connectivity index (χ2n) is 7.40. The largest absolute Gasteiger partial charge is 0.481 e. The van der Waals surface area contributed by atoms with Crippen molar-refractivity contribution in [2.24, 2.45) is 0 Å². The first-order valence-electron chi connectivity index (χ1n) is 9.52. The molecule has 0 amide bonds. The molecule has 0 radical (unpaired) electrons. The molecule has 1 N–H and O–H groups in total. The second kappa shape index (κ2) is 7.32. The van der Waals surface area contributed by atoms with Crippen molar-refractivity contribution in [3.8, 4) is 5.88 Å². The predicted molar refractivity (Wildman–Crippen MR) is 99.2 cm³/mol. The van der Waals surface area contributed by atoms with Crippen LogP contribution in [-0.2, 0) is 19.6 Å². The van der Waals surface area contributed by atoms with Crippen LogP contribution in [-0.4, -0.2) is 51.4 Å². The third-order valence-electron chi connectivity index (χ3n) is 5.73. The summed E-state index contributed by atoms with van der Waals surface area (Å²) < 4.78 is 7.61. The topological polar surface area (TPSA) is 68.1 Å². The summed E-state index contributed by atoms with van der Waals surface area (Å²) in [5, 5.41) is 12.2. The summed E-state index contributed by atoms with van der Waals surface area (Å²) in [4.78, 5) is 7.08. The molecule has 2 aliphatic heterocycles. The molecule has 4 rings (SSSR count). The minimum atomic E-state index is 0.529. The van der Waals surface area contributed by atoms with E-state index in [9.17, 15) is 0 Å². The van der Waals surface area contributed by atoms with Crippen molar-refractivity contribution in [2.75, 3.05) is 26.7 Å². The zero-order valence-corrected chi connectivity index (χ0v) is 16.0. The fourth-order valence-corrected chi connectivity index (χ4v) is 4.16. The molecule has 4 heterocycles. The Balaban J connectivity index is 1.41. The van der Waals surface area contributed by atoms with E-state index < -0.39 is 0 Å². The van der Waals surface area contributed by atoms with E-state index in [-0.39, 0.29) is 0 Å². The molecule has 7 nitrogen and oxygen atoms in total. The van der Waals surface area contributed by atoms with Gasteiger partial charge < -0.3 is 14.6 Å². The van der Waals surface area contributed by atoms with E-state index in [1.54, 1.807) is 7.11 Å². The summed E-state index contributed by atoms with van der Waals surface area (Å²) in [5.41, 5.74) is 3.66. The van der Waals surface area contributed by atoms with E-state index in [0.717, 1.165) is 63.6 Å². The van der Waals surface area contributed by atoms with Crippen molar-refractivity contribution in [2.45, 2.75) is 52.2 Å². The van der Waals surface area contributed by atoms with Gasteiger partial charge in [0.1, 0.15) is 11.6 Å². The number of aryl methyl sites for hydroxylation is 2. The van der Waals surface area contributed by atoms with Crippen LogP contribution in [0.1, 0.15) is 47.2 Å². The Bertz CT molecular complexity index is 755. The van der Waals surface area contributed by atoms with E-state index in [0.29, 0.717) is 11.8 Å². The van der Waals surface area contributed by atoms with Gasteiger partial charge in [0.05, 0.1) is 13.7 Å². The van der Waals surface area contributed by atoms with Crippen molar-refractivity contribution >= 4 is 0 Å². The van der Waals surface area contributed by atoms with Gasteiger partial charge in [0, 0.05) is 37.3 Å². The Kier molecular flexibility index (Phi) is 4.91. The third-order valence-corrected chi connectivity index (χ3v) is 5.73. The Morgan fingerprint density at radius 2 is 2.00 bits per heavy atom. The van der Waals surface area contributed by atoms with Gasteiger partial charge in [-0.1, -0.05) is 0 Å². The van der Waals surface area contributed by atoms with Gasteiger partial charge in [-0.3, -0.25) is 4.90 Å². The summed E-state index contributed by atoms with van der Waals surface area (Å²) in [5.74, 6) is 3.51.